The number of thiazole rings is 2. The quantitative estimate of drug-likeness (QED) is 0.474. The first-order chi connectivity index (χ1) is 13.6. The van der Waals surface area contributed by atoms with E-state index in [0.717, 1.165) is 27.9 Å². The molecule has 0 unspecified atom stereocenters. The van der Waals surface area contributed by atoms with Gasteiger partial charge in [0.2, 0.25) is 0 Å². The second-order valence-corrected chi connectivity index (χ2v) is 7.93. The lowest BCUT2D eigenvalue weighted by Crippen LogP contribution is -2.25. The lowest BCUT2D eigenvalue weighted by atomic mass is 10.1. The van der Waals surface area contributed by atoms with E-state index in [1.165, 1.54) is 33.3 Å². The van der Waals surface area contributed by atoms with Crippen molar-refractivity contribution in [3.8, 4) is 11.3 Å². The van der Waals surface area contributed by atoms with Crippen molar-refractivity contribution in [3.05, 3.63) is 69.0 Å². The SMILES string of the molecule is Cc1[nH]c2ccccc2c1-c1csc(NC(=O)c2cnc3sccn3c2=O)n1. The molecular formula is C19H13N5O2S2. The van der Waals surface area contributed by atoms with E-state index in [1.54, 1.807) is 11.6 Å². The van der Waals surface area contributed by atoms with Gasteiger partial charge in [0.25, 0.3) is 11.5 Å². The maximum Gasteiger partial charge on any atom is 0.271 e. The highest BCUT2D eigenvalue weighted by atomic mass is 32.1. The molecule has 5 rings (SSSR count). The summed E-state index contributed by atoms with van der Waals surface area (Å²) in [5.74, 6) is -0.519. The average Bonchev–Trinajstić information content (AvgIpc) is 3.39. The number of carbonyl (C=O) groups excluding carboxylic acids is 1. The Morgan fingerprint density at radius 2 is 2.11 bits per heavy atom. The fourth-order valence-corrected chi connectivity index (χ4v) is 4.57. The molecule has 138 valence electrons. The molecule has 7 nitrogen and oxygen atoms in total. The van der Waals surface area contributed by atoms with Crippen LogP contribution in [0.3, 0.4) is 0 Å². The average molecular weight is 407 g/mol. The van der Waals surface area contributed by atoms with Crippen molar-refractivity contribution in [1.82, 2.24) is 19.4 Å². The number of benzene rings is 1. The fraction of sp³-hybridized carbons (Fsp3) is 0.0526. The van der Waals surface area contributed by atoms with Gasteiger partial charge < -0.3 is 4.98 Å². The second-order valence-electron chi connectivity index (χ2n) is 6.20. The van der Waals surface area contributed by atoms with Crippen molar-refractivity contribution >= 4 is 49.6 Å². The number of aromatic amines is 1. The van der Waals surface area contributed by atoms with Gasteiger partial charge in [-0.15, -0.1) is 22.7 Å². The molecule has 0 aliphatic heterocycles. The van der Waals surface area contributed by atoms with Crippen molar-refractivity contribution in [3.63, 3.8) is 0 Å². The highest BCUT2D eigenvalue weighted by Crippen LogP contribution is 2.33. The Bertz CT molecular complexity index is 1410. The minimum atomic E-state index is -0.519. The minimum Gasteiger partial charge on any atom is -0.358 e. The standard InChI is InChI=1S/C19H13N5O2S2/c1-10-15(11-4-2-3-5-13(11)21-10)14-9-28-18(22-14)23-16(25)12-8-20-19-24(17(12)26)6-7-27-19/h2-9,21H,1H3,(H,22,23,25). The Morgan fingerprint density at radius 1 is 1.25 bits per heavy atom. The van der Waals surface area contributed by atoms with E-state index in [9.17, 15) is 9.59 Å². The third kappa shape index (κ3) is 2.63. The van der Waals surface area contributed by atoms with Crippen LogP contribution in [0.4, 0.5) is 5.13 Å². The van der Waals surface area contributed by atoms with Crippen LogP contribution < -0.4 is 10.9 Å². The number of anilines is 1. The summed E-state index contributed by atoms with van der Waals surface area (Å²) in [5.41, 5.74) is 3.42. The summed E-state index contributed by atoms with van der Waals surface area (Å²) >= 11 is 2.65. The van der Waals surface area contributed by atoms with Gasteiger partial charge in [0.1, 0.15) is 5.56 Å². The highest BCUT2D eigenvalue weighted by Gasteiger charge is 2.17. The summed E-state index contributed by atoms with van der Waals surface area (Å²) < 4.78 is 1.36. The predicted molar refractivity (Wildman–Crippen MR) is 111 cm³/mol. The number of aromatic nitrogens is 4. The monoisotopic (exact) mass is 407 g/mol. The smallest absolute Gasteiger partial charge is 0.271 e. The van der Waals surface area contributed by atoms with Crippen molar-refractivity contribution in [2.24, 2.45) is 0 Å². The van der Waals surface area contributed by atoms with Gasteiger partial charge in [0, 0.05) is 45.3 Å². The summed E-state index contributed by atoms with van der Waals surface area (Å²) in [6.07, 6.45) is 2.91. The first kappa shape index (κ1) is 16.8. The molecule has 1 aromatic carbocycles. The third-order valence-electron chi connectivity index (χ3n) is 4.46. The van der Waals surface area contributed by atoms with Crippen LogP contribution in [0.1, 0.15) is 16.1 Å². The molecule has 28 heavy (non-hydrogen) atoms. The van der Waals surface area contributed by atoms with E-state index in [4.69, 9.17) is 0 Å². The number of nitrogens with one attached hydrogen (secondary N) is 2. The number of aryl methyl sites for hydroxylation is 1. The molecule has 0 atom stereocenters. The van der Waals surface area contributed by atoms with Gasteiger partial charge >= 0.3 is 0 Å². The number of hydrogen-bond donors (Lipinski definition) is 2. The molecule has 1 amide bonds. The topological polar surface area (TPSA) is 92.1 Å². The molecule has 2 N–H and O–H groups in total. The Labute approximate surface area is 166 Å². The van der Waals surface area contributed by atoms with Crippen LogP contribution >= 0.6 is 22.7 Å². The summed E-state index contributed by atoms with van der Waals surface area (Å²) in [6, 6.07) is 8.01. The Hall–Kier alpha value is -3.30. The lowest BCUT2D eigenvalue weighted by Gasteiger charge is -2.01. The van der Waals surface area contributed by atoms with Crippen LogP contribution in [0, 0.1) is 6.92 Å². The zero-order valence-electron chi connectivity index (χ0n) is 14.6. The Morgan fingerprint density at radius 3 is 3.00 bits per heavy atom. The molecule has 0 saturated heterocycles. The second kappa shape index (κ2) is 6.39. The molecule has 0 fully saturated rings. The van der Waals surface area contributed by atoms with E-state index in [2.05, 4.69) is 20.3 Å². The van der Waals surface area contributed by atoms with Gasteiger partial charge in [-0.3, -0.25) is 19.3 Å². The van der Waals surface area contributed by atoms with Crippen LogP contribution in [-0.4, -0.2) is 25.3 Å². The van der Waals surface area contributed by atoms with Crippen LogP contribution in [0.2, 0.25) is 0 Å². The molecule has 4 heterocycles. The van der Waals surface area contributed by atoms with Crippen LogP contribution in [0.25, 0.3) is 27.1 Å². The number of fused-ring (bicyclic) bond motifs is 2. The van der Waals surface area contributed by atoms with Gasteiger partial charge in [-0.05, 0) is 13.0 Å². The third-order valence-corrected chi connectivity index (χ3v) is 5.99. The number of amides is 1. The maximum atomic E-state index is 12.6. The largest absolute Gasteiger partial charge is 0.358 e. The van der Waals surface area contributed by atoms with Crippen LogP contribution in [-0.2, 0) is 0 Å². The number of para-hydroxylation sites is 1. The van der Waals surface area contributed by atoms with E-state index >= 15 is 0 Å². The summed E-state index contributed by atoms with van der Waals surface area (Å²) in [7, 11) is 0. The summed E-state index contributed by atoms with van der Waals surface area (Å²) in [5, 5.41) is 7.87. The molecule has 0 aliphatic carbocycles. The van der Waals surface area contributed by atoms with Gasteiger partial charge in [0.05, 0.1) is 5.69 Å². The summed E-state index contributed by atoms with van der Waals surface area (Å²) in [4.78, 5) is 37.6. The molecule has 0 radical (unpaired) electrons. The molecule has 0 spiro atoms. The van der Waals surface area contributed by atoms with Crippen LogP contribution in [0.5, 0.6) is 0 Å². The maximum absolute atomic E-state index is 12.6. The van der Waals surface area contributed by atoms with Crippen molar-refractivity contribution in [2.45, 2.75) is 6.92 Å². The number of nitrogens with zero attached hydrogens (tertiary/aromatic N) is 3. The van der Waals surface area contributed by atoms with E-state index < -0.39 is 11.5 Å². The zero-order chi connectivity index (χ0) is 19.3. The molecule has 4 aromatic heterocycles. The molecular weight excluding hydrogens is 394 g/mol. The molecule has 9 heteroatoms. The molecule has 5 aromatic rings. The van der Waals surface area contributed by atoms with Crippen molar-refractivity contribution in [2.75, 3.05) is 5.32 Å². The Kier molecular flexibility index (Phi) is 3.85. The molecule has 0 aliphatic rings. The van der Waals surface area contributed by atoms with E-state index in [0.29, 0.717) is 10.1 Å². The summed E-state index contributed by atoms with van der Waals surface area (Å²) in [6.45, 7) is 2.00. The van der Waals surface area contributed by atoms with Gasteiger partial charge in [-0.2, -0.15) is 0 Å². The van der Waals surface area contributed by atoms with Gasteiger partial charge in [-0.1, -0.05) is 18.2 Å². The normalized spacial score (nSPS) is 11.3. The Balaban J connectivity index is 1.48. The first-order valence-electron chi connectivity index (χ1n) is 8.41. The van der Waals surface area contributed by atoms with E-state index in [-0.39, 0.29) is 5.56 Å². The van der Waals surface area contributed by atoms with Crippen LogP contribution in [0.15, 0.2) is 52.2 Å². The zero-order valence-corrected chi connectivity index (χ0v) is 16.2. The fourth-order valence-electron chi connectivity index (χ4n) is 3.20. The van der Waals surface area contributed by atoms with E-state index in [1.807, 2.05) is 36.6 Å². The number of rotatable bonds is 3. The lowest BCUT2D eigenvalue weighted by molar-refractivity contribution is 0.102. The van der Waals surface area contributed by atoms with Gasteiger partial charge in [-0.25, -0.2) is 9.97 Å². The van der Waals surface area contributed by atoms with Gasteiger partial charge in [0.15, 0.2) is 10.1 Å². The first-order valence-corrected chi connectivity index (χ1v) is 10.2. The van der Waals surface area contributed by atoms with Crippen molar-refractivity contribution in [1.29, 1.82) is 0 Å². The molecule has 0 bridgehead atoms. The number of hydrogen-bond acceptors (Lipinski definition) is 6. The predicted octanol–water partition coefficient (Wildman–Crippen LogP) is 3.92. The highest BCUT2D eigenvalue weighted by molar-refractivity contribution is 7.15. The van der Waals surface area contributed by atoms with Crippen molar-refractivity contribution < 1.29 is 4.79 Å². The minimum absolute atomic E-state index is 0.0177. The number of H-pyrrole nitrogens is 1. The number of carbonyl (C=O) groups is 1. The molecule has 0 saturated carbocycles.